The average Bonchev–Trinajstić information content (AvgIpc) is 3.13. The molecule has 1 atom stereocenters. The van der Waals surface area contributed by atoms with Gasteiger partial charge in [-0.3, -0.25) is 14.5 Å². The summed E-state index contributed by atoms with van der Waals surface area (Å²) in [5.41, 5.74) is 4.70. The maximum Gasteiger partial charge on any atom is 0.300 e. The van der Waals surface area contributed by atoms with Crippen LogP contribution in [-0.2, 0) is 15.0 Å². The molecule has 5 heteroatoms. The first-order chi connectivity index (χ1) is 17.5. The molecule has 192 valence electrons. The molecule has 1 saturated heterocycles. The molecule has 1 unspecified atom stereocenters. The number of hydrogen-bond acceptors (Lipinski definition) is 4. The number of anilines is 1. The van der Waals surface area contributed by atoms with Crippen molar-refractivity contribution in [2.24, 2.45) is 0 Å². The number of nitrogens with zero attached hydrogens (tertiary/aromatic N) is 1. The summed E-state index contributed by atoms with van der Waals surface area (Å²) in [5.74, 6) is -0.677. The monoisotopic (exact) mass is 497 g/mol. The third kappa shape index (κ3) is 4.78. The summed E-state index contributed by atoms with van der Waals surface area (Å²) >= 11 is 0. The van der Waals surface area contributed by atoms with Crippen LogP contribution in [0.25, 0.3) is 5.76 Å². The lowest BCUT2D eigenvalue weighted by Crippen LogP contribution is -2.29. The number of Topliss-reactive ketones (excluding diaryl/α,β-unsaturated/α-hetero) is 1. The Labute approximate surface area is 219 Å². The summed E-state index contributed by atoms with van der Waals surface area (Å²) in [4.78, 5) is 28.5. The van der Waals surface area contributed by atoms with E-state index in [0.717, 1.165) is 28.0 Å². The van der Waals surface area contributed by atoms with Crippen LogP contribution in [0.15, 0.2) is 72.3 Å². The lowest BCUT2D eigenvalue weighted by atomic mass is 9.87. The molecule has 1 aliphatic heterocycles. The van der Waals surface area contributed by atoms with Gasteiger partial charge in [0, 0.05) is 11.3 Å². The number of methoxy groups -OCH3 is 1. The number of ketones is 1. The zero-order valence-electron chi connectivity index (χ0n) is 22.6. The summed E-state index contributed by atoms with van der Waals surface area (Å²) in [6, 6.07) is 20.1. The number of carbonyl (C=O) groups excluding carboxylic acids is 2. The number of rotatable bonds is 5. The van der Waals surface area contributed by atoms with E-state index in [9.17, 15) is 14.7 Å². The van der Waals surface area contributed by atoms with Gasteiger partial charge < -0.3 is 9.84 Å². The predicted octanol–water partition coefficient (Wildman–Crippen LogP) is 7.05. The van der Waals surface area contributed by atoms with Gasteiger partial charge in [0.25, 0.3) is 11.7 Å². The first kappa shape index (κ1) is 26.2. The summed E-state index contributed by atoms with van der Waals surface area (Å²) in [7, 11) is 1.62. The highest BCUT2D eigenvalue weighted by Crippen LogP contribution is 2.43. The van der Waals surface area contributed by atoms with Crippen molar-refractivity contribution in [3.8, 4) is 5.75 Å². The van der Waals surface area contributed by atoms with Gasteiger partial charge in [-0.1, -0.05) is 77.1 Å². The second-order valence-electron chi connectivity index (χ2n) is 10.9. The van der Waals surface area contributed by atoms with E-state index in [0.29, 0.717) is 11.3 Å². The van der Waals surface area contributed by atoms with E-state index in [-0.39, 0.29) is 22.7 Å². The van der Waals surface area contributed by atoms with Gasteiger partial charge in [-0.2, -0.15) is 0 Å². The molecule has 37 heavy (non-hydrogen) atoms. The van der Waals surface area contributed by atoms with Gasteiger partial charge in [-0.05, 0) is 64.8 Å². The quantitative estimate of drug-likeness (QED) is 0.233. The number of aliphatic hydroxyl groups is 1. The fourth-order valence-electron chi connectivity index (χ4n) is 4.90. The SMILES string of the molecule is COc1cc(C)c(/C(O)=C2\C(=O)C(=O)N(c3ccc(C(C)(C)C)cc3)C2c2ccccc2)cc1C(C)C. The largest absolute Gasteiger partial charge is 0.507 e. The second-order valence-corrected chi connectivity index (χ2v) is 10.9. The molecule has 1 heterocycles. The van der Waals surface area contributed by atoms with Gasteiger partial charge in [-0.25, -0.2) is 0 Å². The van der Waals surface area contributed by atoms with Crippen LogP contribution in [0, 0.1) is 6.92 Å². The molecule has 0 spiro atoms. The minimum Gasteiger partial charge on any atom is -0.507 e. The van der Waals surface area contributed by atoms with Gasteiger partial charge >= 0.3 is 0 Å². The Bertz CT molecular complexity index is 1360. The Morgan fingerprint density at radius 2 is 1.59 bits per heavy atom. The molecule has 4 rings (SSSR count). The summed E-state index contributed by atoms with van der Waals surface area (Å²) in [6.45, 7) is 12.3. The molecule has 1 aliphatic rings. The molecule has 0 bridgehead atoms. The molecule has 0 aromatic heterocycles. The van der Waals surface area contributed by atoms with E-state index in [1.807, 2.05) is 87.5 Å². The van der Waals surface area contributed by atoms with Crippen LogP contribution in [0.2, 0.25) is 0 Å². The van der Waals surface area contributed by atoms with E-state index < -0.39 is 17.7 Å². The first-order valence-corrected chi connectivity index (χ1v) is 12.6. The van der Waals surface area contributed by atoms with Gasteiger partial charge in [0.15, 0.2) is 0 Å². The first-order valence-electron chi connectivity index (χ1n) is 12.6. The van der Waals surface area contributed by atoms with Crippen LogP contribution < -0.4 is 9.64 Å². The molecule has 3 aromatic rings. The van der Waals surface area contributed by atoms with Crippen molar-refractivity contribution in [1.82, 2.24) is 0 Å². The number of carbonyl (C=O) groups is 2. The number of aryl methyl sites for hydroxylation is 1. The lowest BCUT2D eigenvalue weighted by molar-refractivity contribution is -0.132. The van der Waals surface area contributed by atoms with Crippen LogP contribution >= 0.6 is 0 Å². The smallest absolute Gasteiger partial charge is 0.300 e. The van der Waals surface area contributed by atoms with Gasteiger partial charge in [0.1, 0.15) is 11.5 Å². The fraction of sp³-hybridized carbons (Fsp3) is 0.312. The topological polar surface area (TPSA) is 66.8 Å². The molecule has 5 nitrogen and oxygen atoms in total. The Morgan fingerprint density at radius 3 is 2.14 bits per heavy atom. The van der Waals surface area contributed by atoms with Crippen molar-refractivity contribution in [3.05, 3.63) is 100 Å². The minimum atomic E-state index is -0.759. The standard InChI is InChI=1S/C32H35NO4/c1-19(2)24-18-25(20(3)17-26(24)37-7)29(34)27-28(21-11-9-8-10-12-21)33(31(36)30(27)35)23-15-13-22(14-16-23)32(4,5)6/h8-19,28,34H,1-7H3/b29-27+. The van der Waals surface area contributed by atoms with Crippen molar-refractivity contribution in [2.75, 3.05) is 12.0 Å². The predicted molar refractivity (Wildman–Crippen MR) is 148 cm³/mol. The minimum absolute atomic E-state index is 0.0501. The van der Waals surface area contributed by atoms with E-state index in [1.165, 1.54) is 4.90 Å². The van der Waals surface area contributed by atoms with E-state index >= 15 is 0 Å². The van der Waals surface area contributed by atoms with Crippen molar-refractivity contribution in [1.29, 1.82) is 0 Å². The lowest BCUT2D eigenvalue weighted by Gasteiger charge is -2.27. The maximum absolute atomic E-state index is 13.5. The Morgan fingerprint density at radius 1 is 0.973 bits per heavy atom. The van der Waals surface area contributed by atoms with Crippen molar-refractivity contribution < 1.29 is 19.4 Å². The Kier molecular flexibility index (Phi) is 7.00. The highest BCUT2D eigenvalue weighted by molar-refractivity contribution is 6.51. The Hall–Kier alpha value is -3.86. The Balaban J connectivity index is 1.94. The van der Waals surface area contributed by atoms with Crippen molar-refractivity contribution in [2.45, 2.75) is 58.9 Å². The van der Waals surface area contributed by atoms with Gasteiger partial charge in [0.05, 0.1) is 18.7 Å². The normalized spacial score (nSPS) is 17.5. The molecule has 0 saturated carbocycles. The molecule has 1 amide bonds. The van der Waals surface area contributed by atoms with Gasteiger partial charge in [-0.15, -0.1) is 0 Å². The molecule has 0 radical (unpaired) electrons. The molecule has 1 N–H and O–H groups in total. The van der Waals surface area contributed by atoms with E-state index in [1.54, 1.807) is 7.11 Å². The van der Waals surface area contributed by atoms with E-state index in [2.05, 4.69) is 20.8 Å². The molecule has 0 aliphatic carbocycles. The van der Waals surface area contributed by atoms with Crippen LogP contribution in [0.4, 0.5) is 5.69 Å². The molecular formula is C32H35NO4. The second kappa shape index (κ2) is 9.89. The van der Waals surface area contributed by atoms with Crippen molar-refractivity contribution in [3.63, 3.8) is 0 Å². The zero-order chi connectivity index (χ0) is 27.1. The van der Waals surface area contributed by atoms with Crippen molar-refractivity contribution >= 4 is 23.1 Å². The molecular weight excluding hydrogens is 462 g/mol. The average molecular weight is 498 g/mol. The fourth-order valence-corrected chi connectivity index (χ4v) is 4.90. The number of hydrogen-bond donors (Lipinski definition) is 1. The van der Waals surface area contributed by atoms with Gasteiger partial charge in [0.2, 0.25) is 0 Å². The number of benzene rings is 3. The third-order valence-corrected chi connectivity index (χ3v) is 7.03. The number of aliphatic hydroxyl groups excluding tert-OH is 1. The number of amides is 1. The summed E-state index contributed by atoms with van der Waals surface area (Å²) < 4.78 is 5.56. The summed E-state index contributed by atoms with van der Waals surface area (Å²) in [6.07, 6.45) is 0. The van der Waals surface area contributed by atoms with E-state index in [4.69, 9.17) is 4.74 Å². The molecule has 1 fully saturated rings. The summed E-state index contributed by atoms with van der Waals surface area (Å²) in [5, 5.41) is 11.6. The van der Waals surface area contributed by atoms with Crippen LogP contribution in [0.1, 0.15) is 74.4 Å². The maximum atomic E-state index is 13.5. The highest BCUT2D eigenvalue weighted by atomic mass is 16.5. The van der Waals surface area contributed by atoms with Crippen LogP contribution in [-0.4, -0.2) is 23.9 Å². The number of ether oxygens (including phenoxy) is 1. The zero-order valence-corrected chi connectivity index (χ0v) is 22.6. The van der Waals surface area contributed by atoms with Crippen LogP contribution in [0.5, 0.6) is 5.75 Å². The highest BCUT2D eigenvalue weighted by Gasteiger charge is 2.47. The third-order valence-electron chi connectivity index (χ3n) is 7.03. The molecule has 3 aromatic carbocycles. The van der Waals surface area contributed by atoms with Crippen LogP contribution in [0.3, 0.4) is 0 Å².